The van der Waals surface area contributed by atoms with Crippen LogP contribution in [0.15, 0.2) is 60.0 Å². The zero-order valence-corrected chi connectivity index (χ0v) is 20.1. The number of thiophene rings is 1. The van der Waals surface area contributed by atoms with Crippen molar-refractivity contribution in [3.05, 3.63) is 93.2 Å². The average Bonchev–Trinajstić information content (AvgIpc) is 3.19. The molecule has 0 spiro atoms. The average molecular weight is 496 g/mol. The monoisotopic (exact) mass is 495 g/mol. The minimum atomic E-state index is -0.532. The van der Waals surface area contributed by atoms with Crippen molar-refractivity contribution in [2.75, 3.05) is 39.3 Å². The Balaban J connectivity index is 1.28. The molecule has 5 rings (SSSR count). The third-order valence-electron chi connectivity index (χ3n) is 6.81. The van der Waals surface area contributed by atoms with Gasteiger partial charge in [0.05, 0.1) is 18.2 Å². The number of hydrogen-bond donors (Lipinski definition) is 0. The van der Waals surface area contributed by atoms with Gasteiger partial charge in [-0.05, 0) is 59.7 Å². The first-order valence-corrected chi connectivity index (χ1v) is 12.8. The summed E-state index contributed by atoms with van der Waals surface area (Å²) in [5.41, 5.74) is 2.04. The number of carbonyl (C=O) groups excluding carboxylic acids is 2. The first-order valence-electron chi connectivity index (χ1n) is 11.9. The van der Waals surface area contributed by atoms with Crippen molar-refractivity contribution >= 4 is 23.2 Å². The minimum absolute atomic E-state index is 0.00901. The second-order valence-electron chi connectivity index (χ2n) is 8.98. The molecule has 0 unspecified atom stereocenters. The second-order valence-corrected chi connectivity index (χ2v) is 9.98. The van der Waals surface area contributed by atoms with Crippen LogP contribution in [0, 0.1) is 11.6 Å². The summed E-state index contributed by atoms with van der Waals surface area (Å²) in [4.78, 5) is 33.0. The van der Waals surface area contributed by atoms with E-state index >= 15 is 0 Å². The van der Waals surface area contributed by atoms with E-state index in [1.807, 2.05) is 6.07 Å². The van der Waals surface area contributed by atoms with Gasteiger partial charge in [-0.1, -0.05) is 24.3 Å². The molecule has 2 aliphatic rings. The topological polar surface area (TPSA) is 43.9 Å². The molecule has 3 heterocycles. The zero-order chi connectivity index (χ0) is 24.4. The van der Waals surface area contributed by atoms with Gasteiger partial charge in [-0.15, -0.1) is 11.3 Å². The number of benzene rings is 2. The van der Waals surface area contributed by atoms with E-state index in [0.29, 0.717) is 39.1 Å². The zero-order valence-electron chi connectivity index (χ0n) is 19.3. The first-order chi connectivity index (χ1) is 17.0. The Kier molecular flexibility index (Phi) is 6.92. The summed E-state index contributed by atoms with van der Waals surface area (Å²) in [5.74, 6) is -1.17. The lowest BCUT2D eigenvalue weighted by Crippen LogP contribution is -2.45. The normalized spacial score (nSPS) is 18.7. The van der Waals surface area contributed by atoms with Crippen LogP contribution in [0.1, 0.15) is 38.8 Å². The molecule has 3 aromatic rings. The Morgan fingerprint density at radius 3 is 2.54 bits per heavy atom. The highest BCUT2D eigenvalue weighted by atomic mass is 32.1. The molecule has 8 heteroatoms. The number of nitrogens with zero attached hydrogens (tertiary/aromatic N) is 3. The van der Waals surface area contributed by atoms with E-state index in [2.05, 4.69) is 16.3 Å². The molecule has 0 bridgehead atoms. The number of rotatable bonds is 4. The fourth-order valence-corrected chi connectivity index (χ4v) is 5.96. The van der Waals surface area contributed by atoms with Gasteiger partial charge in [0.2, 0.25) is 5.91 Å². The SMILES string of the molecule is O=C(CN1CCc2sccc2[C@H]1c1cccc(F)c1)N1CCCN(C(=O)c2ccccc2F)CC1. The van der Waals surface area contributed by atoms with Crippen molar-refractivity contribution in [2.24, 2.45) is 0 Å². The quantitative estimate of drug-likeness (QED) is 0.541. The van der Waals surface area contributed by atoms with E-state index in [4.69, 9.17) is 0 Å². The Morgan fingerprint density at radius 2 is 1.71 bits per heavy atom. The van der Waals surface area contributed by atoms with Crippen LogP contribution in [0.5, 0.6) is 0 Å². The Labute approximate surface area is 207 Å². The molecule has 182 valence electrons. The maximum Gasteiger partial charge on any atom is 0.256 e. The highest BCUT2D eigenvalue weighted by molar-refractivity contribution is 7.10. The number of carbonyl (C=O) groups is 2. The summed E-state index contributed by atoms with van der Waals surface area (Å²) in [5, 5.41) is 2.05. The predicted octanol–water partition coefficient (Wildman–Crippen LogP) is 4.35. The molecule has 1 atom stereocenters. The van der Waals surface area contributed by atoms with Gasteiger partial charge < -0.3 is 9.80 Å². The number of amides is 2. The molecule has 2 amide bonds. The Hall–Kier alpha value is -3.10. The molecular formula is C27H27F2N3O2S. The largest absolute Gasteiger partial charge is 0.340 e. The summed E-state index contributed by atoms with van der Waals surface area (Å²) in [6.07, 6.45) is 1.49. The van der Waals surface area contributed by atoms with Gasteiger partial charge >= 0.3 is 0 Å². The molecular weight excluding hydrogens is 468 g/mol. The lowest BCUT2D eigenvalue weighted by Gasteiger charge is -2.37. The van der Waals surface area contributed by atoms with Crippen molar-refractivity contribution in [3.63, 3.8) is 0 Å². The minimum Gasteiger partial charge on any atom is -0.340 e. The van der Waals surface area contributed by atoms with Crippen molar-refractivity contribution < 1.29 is 18.4 Å². The smallest absolute Gasteiger partial charge is 0.256 e. The van der Waals surface area contributed by atoms with Crippen LogP contribution < -0.4 is 0 Å². The summed E-state index contributed by atoms with van der Waals surface area (Å²) in [7, 11) is 0. The third-order valence-corrected chi connectivity index (χ3v) is 7.81. The van der Waals surface area contributed by atoms with Gasteiger partial charge in [-0.25, -0.2) is 8.78 Å². The molecule has 0 aliphatic carbocycles. The van der Waals surface area contributed by atoms with E-state index in [0.717, 1.165) is 17.5 Å². The van der Waals surface area contributed by atoms with Gasteiger partial charge in [0.15, 0.2) is 0 Å². The standard InChI is InChI=1S/C27H27F2N3O2S/c28-20-6-3-5-19(17-20)26-22-10-16-35-24(22)9-13-32(26)18-25(33)30-11-4-12-31(15-14-30)27(34)21-7-1-2-8-23(21)29/h1-3,5-8,10,16-17,26H,4,9,11-15,18H2/t26-/m1/s1. The lowest BCUT2D eigenvalue weighted by atomic mass is 9.93. The molecule has 35 heavy (non-hydrogen) atoms. The fourth-order valence-electron chi connectivity index (χ4n) is 5.05. The van der Waals surface area contributed by atoms with E-state index < -0.39 is 5.82 Å². The molecule has 2 aliphatic heterocycles. The van der Waals surface area contributed by atoms with Crippen molar-refractivity contribution in [3.8, 4) is 0 Å². The van der Waals surface area contributed by atoms with E-state index in [1.165, 1.54) is 23.1 Å². The second kappa shape index (κ2) is 10.3. The van der Waals surface area contributed by atoms with Crippen LogP contribution in [0.25, 0.3) is 0 Å². The van der Waals surface area contributed by atoms with Crippen LogP contribution in [-0.4, -0.2) is 65.8 Å². The molecule has 5 nitrogen and oxygen atoms in total. The summed E-state index contributed by atoms with van der Waals surface area (Å²) in [6.45, 7) is 2.72. The first kappa shape index (κ1) is 23.6. The summed E-state index contributed by atoms with van der Waals surface area (Å²) in [6, 6.07) is 14.5. The molecule has 1 aromatic heterocycles. The summed E-state index contributed by atoms with van der Waals surface area (Å²) < 4.78 is 28.2. The molecule has 1 saturated heterocycles. The number of fused-ring (bicyclic) bond motifs is 1. The van der Waals surface area contributed by atoms with Crippen LogP contribution >= 0.6 is 11.3 Å². The van der Waals surface area contributed by atoms with Gasteiger partial charge in [-0.3, -0.25) is 14.5 Å². The van der Waals surface area contributed by atoms with Crippen molar-refractivity contribution in [1.29, 1.82) is 0 Å². The van der Waals surface area contributed by atoms with Crippen LogP contribution in [-0.2, 0) is 11.2 Å². The Bertz CT molecular complexity index is 1230. The van der Waals surface area contributed by atoms with Gasteiger partial charge in [-0.2, -0.15) is 0 Å². The van der Waals surface area contributed by atoms with Crippen molar-refractivity contribution in [1.82, 2.24) is 14.7 Å². The third kappa shape index (κ3) is 4.99. The molecule has 0 radical (unpaired) electrons. The predicted molar refractivity (Wildman–Crippen MR) is 131 cm³/mol. The molecule has 0 saturated carbocycles. The number of halogens is 2. The Morgan fingerprint density at radius 1 is 0.914 bits per heavy atom. The van der Waals surface area contributed by atoms with Gasteiger partial charge in [0.1, 0.15) is 11.6 Å². The van der Waals surface area contributed by atoms with Crippen LogP contribution in [0.3, 0.4) is 0 Å². The van der Waals surface area contributed by atoms with E-state index in [9.17, 15) is 18.4 Å². The van der Waals surface area contributed by atoms with E-state index in [-0.39, 0.29) is 35.8 Å². The van der Waals surface area contributed by atoms with Crippen LogP contribution in [0.4, 0.5) is 8.78 Å². The van der Waals surface area contributed by atoms with E-state index in [1.54, 1.807) is 45.4 Å². The summed E-state index contributed by atoms with van der Waals surface area (Å²) >= 11 is 1.70. The van der Waals surface area contributed by atoms with Crippen molar-refractivity contribution in [2.45, 2.75) is 18.9 Å². The van der Waals surface area contributed by atoms with Gasteiger partial charge in [0, 0.05) is 37.6 Å². The maximum atomic E-state index is 14.1. The molecule has 0 N–H and O–H groups in total. The highest BCUT2D eigenvalue weighted by Gasteiger charge is 2.33. The number of hydrogen-bond acceptors (Lipinski definition) is 4. The maximum absolute atomic E-state index is 14.1. The lowest BCUT2D eigenvalue weighted by molar-refractivity contribution is -0.132. The highest BCUT2D eigenvalue weighted by Crippen LogP contribution is 2.37. The van der Waals surface area contributed by atoms with Gasteiger partial charge in [0.25, 0.3) is 5.91 Å². The molecule has 2 aromatic carbocycles. The fraction of sp³-hybridized carbons (Fsp3) is 0.333. The molecule has 1 fully saturated rings. The van der Waals surface area contributed by atoms with Crippen LogP contribution in [0.2, 0.25) is 0 Å².